The summed E-state index contributed by atoms with van der Waals surface area (Å²) in [6.45, 7) is 12.5. The highest BCUT2D eigenvalue weighted by molar-refractivity contribution is 5.89. The lowest BCUT2D eigenvalue weighted by atomic mass is 9.95. The molecule has 1 aliphatic rings. The molecule has 15 heteroatoms. The third kappa shape index (κ3) is 11.4. The minimum atomic E-state index is -1.33. The summed E-state index contributed by atoms with van der Waals surface area (Å²) in [5.41, 5.74) is 8.91. The average molecular weight is 861 g/mol. The number of carboxylic acid groups (broad SMARTS) is 1. The van der Waals surface area contributed by atoms with Gasteiger partial charge in [0.05, 0.1) is 23.4 Å². The first-order valence-corrected chi connectivity index (χ1v) is 21.7. The number of fused-ring (bicyclic) bond motifs is 1. The first-order chi connectivity index (χ1) is 30.3. The fourth-order valence-electron chi connectivity index (χ4n) is 8.31. The van der Waals surface area contributed by atoms with Gasteiger partial charge >= 0.3 is 12.1 Å². The molecule has 6 rings (SSSR count). The number of aryl methyl sites for hydroxylation is 2. The Morgan fingerprint density at radius 1 is 0.857 bits per heavy atom. The standard InChI is InChI=1S/C48H60N8O7/c1-7-30(3)43(51-47(60)61)45(58)52-55(27-35-18-20-36(21-19-35)42-32(5)53-63-33(42)6)29-41(57)40(26-34-14-10-9-11-15-34)50-46(59)44(31(4)8-2)56-25-24-54(48(56)62)28-37-22-23-49-39-17-13-12-16-38(37)39/h9-23,30-31,40-41,43-44,51,57H,7-8,24-29H2,1-6H3,(H,50,59)(H,52,58)(H,60,61)/t30-,31-,40-,41-,43-,44-/m0/s1. The molecule has 3 aromatic carbocycles. The lowest BCUT2D eigenvalue weighted by molar-refractivity contribution is -0.132. The van der Waals surface area contributed by atoms with Crippen LogP contribution >= 0.6 is 0 Å². The summed E-state index contributed by atoms with van der Waals surface area (Å²) >= 11 is 0. The molecule has 5 aromatic rings. The first-order valence-electron chi connectivity index (χ1n) is 21.7. The number of hydrogen-bond acceptors (Lipinski definition) is 9. The van der Waals surface area contributed by atoms with Gasteiger partial charge in [0.15, 0.2) is 0 Å². The van der Waals surface area contributed by atoms with Gasteiger partial charge in [0, 0.05) is 49.9 Å². The van der Waals surface area contributed by atoms with Gasteiger partial charge in [0.25, 0.3) is 5.91 Å². The van der Waals surface area contributed by atoms with E-state index < -0.39 is 36.2 Å². The molecule has 0 aliphatic carbocycles. The Hall–Kier alpha value is -6.32. The number of nitrogens with zero attached hydrogens (tertiary/aromatic N) is 5. The number of aromatic nitrogens is 2. The highest BCUT2D eigenvalue weighted by atomic mass is 16.5. The molecule has 1 fully saturated rings. The van der Waals surface area contributed by atoms with Gasteiger partial charge in [-0.3, -0.25) is 20.0 Å². The SMILES string of the molecule is CC[C@H](C)[C@H](NC(=O)O)C(=O)NN(Cc1ccc(-c2c(C)noc2C)cc1)C[C@H](O)[C@H](Cc1ccccc1)NC(=O)[C@H]([C@@H](C)CC)N1CCN(Cc2ccnc3ccccc23)C1=O. The highest BCUT2D eigenvalue weighted by Gasteiger charge is 2.41. The van der Waals surface area contributed by atoms with Crippen LogP contribution in [0.4, 0.5) is 9.59 Å². The summed E-state index contributed by atoms with van der Waals surface area (Å²) in [4.78, 5) is 62.4. The molecule has 6 atom stereocenters. The third-order valence-corrected chi connectivity index (χ3v) is 12.2. The number of hydrogen-bond donors (Lipinski definition) is 5. The fraction of sp³-hybridized carbons (Fsp3) is 0.417. The Bertz CT molecular complexity index is 2310. The largest absolute Gasteiger partial charge is 0.465 e. The Labute approximate surface area is 368 Å². The Morgan fingerprint density at radius 2 is 1.56 bits per heavy atom. The van der Waals surface area contributed by atoms with E-state index in [0.717, 1.165) is 44.4 Å². The van der Waals surface area contributed by atoms with Crippen molar-refractivity contribution in [2.45, 2.75) is 98.1 Å². The second-order valence-corrected chi connectivity index (χ2v) is 16.7. The molecule has 63 heavy (non-hydrogen) atoms. The van der Waals surface area contributed by atoms with Crippen LogP contribution in [0.2, 0.25) is 0 Å². The maximum Gasteiger partial charge on any atom is 0.405 e. The number of carbonyl (C=O) groups excluding carboxylic acids is 3. The van der Waals surface area contributed by atoms with E-state index in [4.69, 9.17) is 4.52 Å². The number of urea groups is 1. The molecule has 1 saturated heterocycles. The van der Waals surface area contributed by atoms with Crippen LogP contribution in [0.15, 0.2) is 95.6 Å². The Kier molecular flexibility index (Phi) is 15.5. The predicted molar refractivity (Wildman–Crippen MR) is 240 cm³/mol. The summed E-state index contributed by atoms with van der Waals surface area (Å²) in [6, 6.07) is 23.9. The normalized spacial score (nSPS) is 15.8. The van der Waals surface area contributed by atoms with Gasteiger partial charge in [-0.25, -0.2) is 14.6 Å². The predicted octanol–water partition coefficient (Wildman–Crippen LogP) is 6.46. The smallest absolute Gasteiger partial charge is 0.405 e. The number of hydrazine groups is 1. The molecule has 0 unspecified atom stereocenters. The third-order valence-electron chi connectivity index (χ3n) is 12.2. The highest BCUT2D eigenvalue weighted by Crippen LogP contribution is 2.28. The van der Waals surface area contributed by atoms with Crippen molar-refractivity contribution in [3.63, 3.8) is 0 Å². The Morgan fingerprint density at radius 3 is 2.22 bits per heavy atom. The van der Waals surface area contributed by atoms with E-state index in [2.05, 4.69) is 26.2 Å². The minimum Gasteiger partial charge on any atom is -0.465 e. The van der Waals surface area contributed by atoms with Crippen LogP contribution in [-0.2, 0) is 29.1 Å². The van der Waals surface area contributed by atoms with E-state index >= 15 is 0 Å². The molecular formula is C48H60N8O7. The number of pyridine rings is 1. The zero-order valence-corrected chi connectivity index (χ0v) is 37.0. The number of nitrogens with one attached hydrogen (secondary N) is 3. The van der Waals surface area contributed by atoms with Crippen LogP contribution in [0.1, 0.15) is 68.7 Å². The topological polar surface area (TPSA) is 193 Å². The molecule has 5 N–H and O–H groups in total. The summed E-state index contributed by atoms with van der Waals surface area (Å²) in [5, 5.41) is 33.9. The van der Waals surface area contributed by atoms with E-state index in [9.17, 15) is 29.4 Å². The molecule has 0 saturated carbocycles. The molecule has 0 spiro atoms. The van der Waals surface area contributed by atoms with Crippen LogP contribution in [0, 0.1) is 25.7 Å². The van der Waals surface area contributed by atoms with E-state index in [1.807, 2.05) is 120 Å². The van der Waals surface area contributed by atoms with Crippen LogP contribution in [0.3, 0.4) is 0 Å². The molecule has 15 nitrogen and oxygen atoms in total. The van der Waals surface area contributed by atoms with Crippen molar-refractivity contribution in [3.8, 4) is 11.1 Å². The van der Waals surface area contributed by atoms with E-state index in [0.29, 0.717) is 38.2 Å². The maximum absolute atomic E-state index is 14.7. The van der Waals surface area contributed by atoms with E-state index in [1.54, 1.807) is 27.9 Å². The van der Waals surface area contributed by atoms with Gasteiger partial charge in [0.1, 0.15) is 17.8 Å². The second kappa shape index (κ2) is 21.2. The van der Waals surface area contributed by atoms with Gasteiger partial charge in [0.2, 0.25) is 5.91 Å². The number of benzene rings is 3. The number of para-hydroxylation sites is 1. The van der Waals surface area contributed by atoms with Gasteiger partial charge in [-0.05, 0) is 66.5 Å². The lowest BCUT2D eigenvalue weighted by Gasteiger charge is -2.35. The summed E-state index contributed by atoms with van der Waals surface area (Å²) in [5.74, 6) is -0.830. The molecule has 3 heterocycles. The number of carbonyl (C=O) groups is 4. The quantitative estimate of drug-likeness (QED) is 0.0543. The summed E-state index contributed by atoms with van der Waals surface area (Å²) < 4.78 is 5.38. The van der Waals surface area contributed by atoms with Crippen molar-refractivity contribution in [2.24, 2.45) is 11.8 Å². The summed E-state index contributed by atoms with van der Waals surface area (Å²) in [6.07, 6.45) is 0.576. The molecular weight excluding hydrogens is 801 g/mol. The molecule has 0 radical (unpaired) electrons. The van der Waals surface area contributed by atoms with E-state index in [-0.39, 0.29) is 43.3 Å². The molecule has 334 valence electrons. The molecule has 5 amide bonds. The fourth-order valence-corrected chi connectivity index (χ4v) is 8.31. The van der Waals surface area contributed by atoms with Crippen molar-refractivity contribution in [1.82, 2.24) is 41.0 Å². The van der Waals surface area contributed by atoms with Crippen LogP contribution < -0.4 is 16.1 Å². The van der Waals surface area contributed by atoms with Crippen LogP contribution in [0.5, 0.6) is 0 Å². The maximum atomic E-state index is 14.7. The summed E-state index contributed by atoms with van der Waals surface area (Å²) in [7, 11) is 0. The van der Waals surface area contributed by atoms with Crippen molar-refractivity contribution < 1.29 is 33.9 Å². The van der Waals surface area contributed by atoms with Crippen molar-refractivity contribution >= 4 is 34.8 Å². The average Bonchev–Trinajstić information content (AvgIpc) is 3.81. The van der Waals surface area contributed by atoms with Crippen LogP contribution in [0.25, 0.3) is 22.0 Å². The molecule has 0 bridgehead atoms. The number of rotatable bonds is 20. The zero-order chi connectivity index (χ0) is 45.2. The number of amides is 5. The van der Waals surface area contributed by atoms with Gasteiger partial charge in [-0.2, -0.15) is 0 Å². The minimum absolute atomic E-state index is 0.136. The van der Waals surface area contributed by atoms with Gasteiger partial charge in [-0.1, -0.05) is 118 Å². The Balaban J connectivity index is 1.25. The lowest BCUT2D eigenvalue weighted by Crippen LogP contribution is -2.59. The zero-order valence-electron chi connectivity index (χ0n) is 37.0. The van der Waals surface area contributed by atoms with Gasteiger partial charge < -0.3 is 35.2 Å². The first kappa shape index (κ1) is 46.2. The molecule has 2 aromatic heterocycles. The van der Waals surface area contributed by atoms with Crippen LogP contribution in [-0.4, -0.2) is 103 Å². The van der Waals surface area contributed by atoms with Crippen molar-refractivity contribution in [2.75, 3.05) is 19.6 Å². The van der Waals surface area contributed by atoms with Crippen molar-refractivity contribution in [1.29, 1.82) is 0 Å². The van der Waals surface area contributed by atoms with Gasteiger partial charge in [-0.15, -0.1) is 0 Å². The number of aliphatic hydroxyl groups excluding tert-OH is 1. The molecule has 1 aliphatic heterocycles. The van der Waals surface area contributed by atoms with Crippen molar-refractivity contribution in [3.05, 3.63) is 119 Å². The van der Waals surface area contributed by atoms with E-state index in [1.165, 1.54) is 0 Å². The number of aliphatic hydroxyl groups is 1. The monoisotopic (exact) mass is 860 g/mol. The second-order valence-electron chi connectivity index (χ2n) is 16.7.